The predicted octanol–water partition coefficient (Wildman–Crippen LogP) is 2.78. The Morgan fingerprint density at radius 1 is 1.47 bits per heavy atom. The lowest BCUT2D eigenvalue weighted by Gasteiger charge is -2.22. The summed E-state index contributed by atoms with van der Waals surface area (Å²) in [6.45, 7) is 3.04. The third-order valence-corrected chi connectivity index (χ3v) is 2.53. The fourth-order valence-corrected chi connectivity index (χ4v) is 1.92. The van der Waals surface area contributed by atoms with E-state index >= 15 is 0 Å². The highest BCUT2D eigenvalue weighted by molar-refractivity contribution is 6.34. The van der Waals surface area contributed by atoms with Gasteiger partial charge in [0.25, 0.3) is 0 Å². The highest BCUT2D eigenvalue weighted by Gasteiger charge is 2.11. The van der Waals surface area contributed by atoms with Gasteiger partial charge in [-0.05, 0) is 6.42 Å². The van der Waals surface area contributed by atoms with Gasteiger partial charge < -0.3 is 15.4 Å². The summed E-state index contributed by atoms with van der Waals surface area (Å²) in [7, 11) is 3.58. The average molecular weight is 229 g/mol. The van der Waals surface area contributed by atoms with E-state index in [0.717, 1.165) is 18.7 Å². The maximum absolute atomic E-state index is 6.14. The second kappa shape index (κ2) is 5.12. The molecule has 4 heteroatoms. The quantitative estimate of drug-likeness (QED) is 0.806. The maximum atomic E-state index is 6.14. The van der Waals surface area contributed by atoms with E-state index in [4.69, 9.17) is 22.1 Å². The Kier molecular flexibility index (Phi) is 4.09. The van der Waals surface area contributed by atoms with Gasteiger partial charge in [0.05, 0.1) is 23.5 Å². The molecular formula is C11H17ClN2O. The summed E-state index contributed by atoms with van der Waals surface area (Å²) >= 11 is 6.14. The van der Waals surface area contributed by atoms with Crippen molar-refractivity contribution in [2.75, 3.05) is 31.3 Å². The minimum absolute atomic E-state index is 0.628. The standard InChI is InChI=1S/C11H17ClN2O/c1-4-5-14(2)11-9(12)6-8(15-3)7-10(11)13/h6-7H,4-5,13H2,1-3H3. The monoisotopic (exact) mass is 228 g/mol. The first-order valence-corrected chi connectivity index (χ1v) is 5.32. The van der Waals surface area contributed by atoms with Crippen LogP contribution in [0.15, 0.2) is 12.1 Å². The largest absolute Gasteiger partial charge is 0.497 e. The zero-order valence-electron chi connectivity index (χ0n) is 9.38. The van der Waals surface area contributed by atoms with E-state index in [1.807, 2.05) is 7.05 Å². The summed E-state index contributed by atoms with van der Waals surface area (Å²) in [6.07, 6.45) is 1.05. The molecule has 0 fully saturated rings. The zero-order chi connectivity index (χ0) is 11.4. The van der Waals surface area contributed by atoms with Crippen LogP contribution in [0.25, 0.3) is 0 Å². The Morgan fingerprint density at radius 2 is 2.13 bits per heavy atom. The molecular weight excluding hydrogens is 212 g/mol. The Hall–Kier alpha value is -1.09. The molecule has 0 radical (unpaired) electrons. The summed E-state index contributed by atoms with van der Waals surface area (Å²) in [5.74, 6) is 0.686. The first kappa shape index (κ1) is 12.0. The summed E-state index contributed by atoms with van der Waals surface area (Å²) in [5, 5.41) is 0.628. The smallest absolute Gasteiger partial charge is 0.122 e. The summed E-state index contributed by atoms with van der Waals surface area (Å²) < 4.78 is 5.09. The van der Waals surface area contributed by atoms with Crippen molar-refractivity contribution in [1.82, 2.24) is 0 Å². The van der Waals surface area contributed by atoms with E-state index in [2.05, 4.69) is 11.8 Å². The number of nitrogens with two attached hydrogens (primary N) is 1. The molecule has 0 unspecified atom stereocenters. The molecule has 0 spiro atoms. The van der Waals surface area contributed by atoms with Crippen molar-refractivity contribution in [1.29, 1.82) is 0 Å². The average Bonchev–Trinajstić information content (AvgIpc) is 2.16. The van der Waals surface area contributed by atoms with Crippen LogP contribution in [0.1, 0.15) is 13.3 Å². The molecule has 0 aliphatic heterocycles. The molecule has 0 heterocycles. The fraction of sp³-hybridized carbons (Fsp3) is 0.455. The van der Waals surface area contributed by atoms with Crippen LogP contribution in [0.2, 0.25) is 5.02 Å². The molecule has 84 valence electrons. The number of nitrogens with zero attached hydrogens (tertiary/aromatic N) is 1. The van der Waals surface area contributed by atoms with E-state index in [1.165, 1.54) is 0 Å². The number of hydrogen-bond acceptors (Lipinski definition) is 3. The Bertz CT molecular complexity index is 318. The van der Waals surface area contributed by atoms with Gasteiger partial charge in [0.1, 0.15) is 5.75 Å². The second-order valence-corrected chi connectivity index (χ2v) is 3.88. The number of benzene rings is 1. The van der Waals surface area contributed by atoms with Gasteiger partial charge in [-0.2, -0.15) is 0 Å². The molecule has 1 rings (SSSR count). The Labute approximate surface area is 95.8 Å². The molecule has 1 aromatic carbocycles. The minimum Gasteiger partial charge on any atom is -0.497 e. The molecule has 0 aliphatic rings. The van der Waals surface area contributed by atoms with Crippen LogP contribution >= 0.6 is 11.6 Å². The van der Waals surface area contributed by atoms with Crippen LogP contribution in [-0.4, -0.2) is 20.7 Å². The highest BCUT2D eigenvalue weighted by atomic mass is 35.5. The lowest BCUT2D eigenvalue weighted by atomic mass is 10.2. The highest BCUT2D eigenvalue weighted by Crippen LogP contribution is 2.35. The topological polar surface area (TPSA) is 38.5 Å². The Morgan fingerprint density at radius 3 is 2.60 bits per heavy atom. The molecule has 0 amide bonds. The van der Waals surface area contributed by atoms with Gasteiger partial charge in [-0.1, -0.05) is 18.5 Å². The first-order chi connectivity index (χ1) is 7.10. The normalized spacial score (nSPS) is 10.1. The predicted molar refractivity (Wildman–Crippen MR) is 66.0 cm³/mol. The van der Waals surface area contributed by atoms with Crippen LogP contribution in [-0.2, 0) is 0 Å². The third-order valence-electron chi connectivity index (χ3n) is 2.24. The van der Waals surface area contributed by atoms with Crippen LogP contribution < -0.4 is 15.4 Å². The van der Waals surface area contributed by atoms with E-state index in [-0.39, 0.29) is 0 Å². The van der Waals surface area contributed by atoms with Crippen molar-refractivity contribution in [3.8, 4) is 5.75 Å². The van der Waals surface area contributed by atoms with Gasteiger partial charge in [0.2, 0.25) is 0 Å². The maximum Gasteiger partial charge on any atom is 0.122 e. The number of nitrogen functional groups attached to an aromatic ring is 1. The van der Waals surface area contributed by atoms with Gasteiger partial charge in [0.15, 0.2) is 0 Å². The summed E-state index contributed by atoms with van der Waals surface area (Å²) in [4.78, 5) is 2.05. The fourth-order valence-electron chi connectivity index (χ4n) is 1.56. The number of ether oxygens (including phenoxy) is 1. The van der Waals surface area contributed by atoms with Crippen molar-refractivity contribution in [2.45, 2.75) is 13.3 Å². The number of halogens is 1. The van der Waals surface area contributed by atoms with E-state index < -0.39 is 0 Å². The minimum atomic E-state index is 0.628. The SMILES string of the molecule is CCCN(C)c1c(N)cc(OC)cc1Cl. The van der Waals surface area contributed by atoms with Crippen molar-refractivity contribution < 1.29 is 4.74 Å². The molecule has 1 aromatic rings. The first-order valence-electron chi connectivity index (χ1n) is 4.94. The number of anilines is 2. The van der Waals surface area contributed by atoms with Gasteiger partial charge in [-0.25, -0.2) is 0 Å². The lowest BCUT2D eigenvalue weighted by Crippen LogP contribution is -2.19. The second-order valence-electron chi connectivity index (χ2n) is 3.47. The number of rotatable bonds is 4. The summed E-state index contributed by atoms with van der Waals surface area (Å²) in [6, 6.07) is 3.56. The van der Waals surface area contributed by atoms with Gasteiger partial charge in [-0.3, -0.25) is 0 Å². The molecule has 2 N–H and O–H groups in total. The van der Waals surface area contributed by atoms with Gasteiger partial charge in [-0.15, -0.1) is 0 Å². The molecule has 3 nitrogen and oxygen atoms in total. The molecule has 0 aromatic heterocycles. The van der Waals surface area contributed by atoms with Gasteiger partial charge in [0, 0.05) is 25.7 Å². The van der Waals surface area contributed by atoms with Crippen LogP contribution in [0.3, 0.4) is 0 Å². The van der Waals surface area contributed by atoms with E-state index in [0.29, 0.717) is 16.5 Å². The van der Waals surface area contributed by atoms with Crippen LogP contribution in [0, 0.1) is 0 Å². The number of hydrogen-bond donors (Lipinski definition) is 1. The Balaban J connectivity index is 3.07. The molecule has 0 saturated carbocycles. The third kappa shape index (κ3) is 2.69. The van der Waals surface area contributed by atoms with E-state index in [9.17, 15) is 0 Å². The van der Waals surface area contributed by atoms with Crippen molar-refractivity contribution >= 4 is 23.0 Å². The van der Waals surface area contributed by atoms with Crippen molar-refractivity contribution in [3.63, 3.8) is 0 Å². The van der Waals surface area contributed by atoms with Crippen LogP contribution in [0.4, 0.5) is 11.4 Å². The molecule has 0 atom stereocenters. The molecule has 0 saturated heterocycles. The lowest BCUT2D eigenvalue weighted by molar-refractivity contribution is 0.415. The molecule has 0 aliphatic carbocycles. The zero-order valence-corrected chi connectivity index (χ0v) is 10.1. The summed E-state index contributed by atoms with van der Waals surface area (Å²) in [5.41, 5.74) is 7.45. The number of methoxy groups -OCH3 is 1. The molecule has 0 bridgehead atoms. The van der Waals surface area contributed by atoms with E-state index in [1.54, 1.807) is 19.2 Å². The molecule has 15 heavy (non-hydrogen) atoms. The van der Waals surface area contributed by atoms with Crippen LogP contribution in [0.5, 0.6) is 5.75 Å². The van der Waals surface area contributed by atoms with Gasteiger partial charge >= 0.3 is 0 Å². The van der Waals surface area contributed by atoms with Crippen molar-refractivity contribution in [2.24, 2.45) is 0 Å². The van der Waals surface area contributed by atoms with Crippen molar-refractivity contribution in [3.05, 3.63) is 17.2 Å².